The summed E-state index contributed by atoms with van der Waals surface area (Å²) >= 11 is 12.0. The van der Waals surface area contributed by atoms with Crippen LogP contribution in [0, 0.1) is 0 Å². The van der Waals surface area contributed by atoms with Gasteiger partial charge in [0, 0.05) is 23.5 Å². The summed E-state index contributed by atoms with van der Waals surface area (Å²) in [4.78, 5) is 14.0. The van der Waals surface area contributed by atoms with Crippen LogP contribution in [0.4, 0.5) is 0 Å². The molecule has 0 aliphatic carbocycles. The van der Waals surface area contributed by atoms with E-state index in [2.05, 4.69) is 4.98 Å². The number of nitrogens with two attached hydrogens (primary N) is 1. The van der Waals surface area contributed by atoms with Crippen LogP contribution in [0.2, 0.25) is 10.0 Å². The first-order valence-corrected chi connectivity index (χ1v) is 5.28. The van der Waals surface area contributed by atoms with Gasteiger partial charge >= 0.3 is 0 Å². The van der Waals surface area contributed by atoms with E-state index in [1.165, 1.54) is 6.20 Å². The molecule has 0 aliphatic heterocycles. The normalized spacial score (nSPS) is 10.4. The molecule has 0 saturated heterocycles. The van der Waals surface area contributed by atoms with Gasteiger partial charge in [0.1, 0.15) is 0 Å². The zero-order valence-corrected chi connectivity index (χ0v) is 9.64. The molecule has 0 aliphatic rings. The number of hydrogen-bond donors (Lipinski definition) is 2. The van der Waals surface area contributed by atoms with Gasteiger partial charge in [0.25, 0.3) is 5.91 Å². The Hall–Kier alpha value is -1.45. The number of benzene rings is 1. The van der Waals surface area contributed by atoms with Gasteiger partial charge < -0.3 is 10.7 Å². The molecule has 82 valence electrons. The number of halogens is 2. The second-order valence-electron chi connectivity index (χ2n) is 3.25. The standard InChI is InChI=1S/C11H8Cl2N2O/c12-9-3-1-2-6(10(9)13)7-4-15-5-8(7)11(14)16/h1-5,15H,(H2,14,16). The maximum absolute atomic E-state index is 11.2. The number of nitrogens with one attached hydrogen (secondary N) is 1. The van der Waals surface area contributed by atoms with Crippen LogP contribution in [0.1, 0.15) is 10.4 Å². The maximum atomic E-state index is 11.2. The van der Waals surface area contributed by atoms with Crippen LogP contribution in [0.25, 0.3) is 11.1 Å². The molecule has 3 nitrogen and oxygen atoms in total. The molecule has 1 heterocycles. The number of carbonyl (C=O) groups is 1. The van der Waals surface area contributed by atoms with Crippen molar-refractivity contribution in [3.63, 3.8) is 0 Å². The summed E-state index contributed by atoms with van der Waals surface area (Å²) in [6.07, 6.45) is 3.20. The summed E-state index contributed by atoms with van der Waals surface area (Å²) in [6, 6.07) is 5.23. The van der Waals surface area contributed by atoms with Gasteiger partial charge in [-0.15, -0.1) is 0 Å². The first kappa shape index (κ1) is 11.0. The predicted molar refractivity (Wildman–Crippen MR) is 64.8 cm³/mol. The number of primary amides is 1. The molecule has 0 spiro atoms. The van der Waals surface area contributed by atoms with Gasteiger partial charge in [-0.1, -0.05) is 35.3 Å². The van der Waals surface area contributed by atoms with Gasteiger partial charge in [0.2, 0.25) is 0 Å². The molecule has 2 aromatic rings. The third-order valence-corrected chi connectivity index (χ3v) is 3.07. The fourth-order valence-electron chi connectivity index (χ4n) is 1.50. The molecule has 1 aromatic carbocycles. The van der Waals surface area contributed by atoms with E-state index >= 15 is 0 Å². The minimum absolute atomic E-state index is 0.393. The Labute approximate surface area is 102 Å². The van der Waals surface area contributed by atoms with E-state index in [1.807, 2.05) is 0 Å². The van der Waals surface area contributed by atoms with E-state index in [1.54, 1.807) is 24.4 Å². The van der Waals surface area contributed by atoms with Gasteiger partial charge in [-0.05, 0) is 6.07 Å². The van der Waals surface area contributed by atoms with Crippen LogP contribution in [-0.4, -0.2) is 10.9 Å². The fourth-order valence-corrected chi connectivity index (χ4v) is 1.90. The second kappa shape index (κ2) is 4.20. The SMILES string of the molecule is NC(=O)c1c[nH]cc1-c1cccc(Cl)c1Cl. The summed E-state index contributed by atoms with van der Waals surface area (Å²) in [6.45, 7) is 0. The van der Waals surface area contributed by atoms with Crippen LogP contribution in [0.5, 0.6) is 0 Å². The number of hydrogen-bond acceptors (Lipinski definition) is 1. The molecule has 5 heteroatoms. The highest BCUT2D eigenvalue weighted by atomic mass is 35.5. The second-order valence-corrected chi connectivity index (χ2v) is 4.03. The third kappa shape index (κ3) is 1.79. The molecule has 1 aromatic heterocycles. The summed E-state index contributed by atoms with van der Waals surface area (Å²) in [7, 11) is 0. The molecular formula is C11H8Cl2N2O. The molecular weight excluding hydrogens is 247 g/mol. The molecule has 1 amide bonds. The zero-order chi connectivity index (χ0) is 11.7. The van der Waals surface area contributed by atoms with E-state index in [4.69, 9.17) is 28.9 Å². The van der Waals surface area contributed by atoms with Crippen LogP contribution in [0.3, 0.4) is 0 Å². The van der Waals surface area contributed by atoms with E-state index in [0.717, 1.165) is 0 Å². The number of amides is 1. The monoisotopic (exact) mass is 254 g/mol. The Morgan fingerprint density at radius 1 is 1.19 bits per heavy atom. The van der Waals surface area contributed by atoms with Crippen LogP contribution >= 0.6 is 23.2 Å². The molecule has 0 atom stereocenters. The smallest absolute Gasteiger partial charge is 0.250 e. The minimum atomic E-state index is -0.507. The van der Waals surface area contributed by atoms with E-state index < -0.39 is 5.91 Å². The summed E-state index contributed by atoms with van der Waals surface area (Å²) < 4.78 is 0. The van der Waals surface area contributed by atoms with Crippen molar-refractivity contribution in [1.29, 1.82) is 0 Å². The molecule has 0 unspecified atom stereocenters. The van der Waals surface area contributed by atoms with Crippen LogP contribution in [-0.2, 0) is 0 Å². The highest BCUT2D eigenvalue weighted by Crippen LogP contribution is 2.34. The van der Waals surface area contributed by atoms with Crippen molar-refractivity contribution in [2.75, 3.05) is 0 Å². The minimum Gasteiger partial charge on any atom is -0.366 e. The van der Waals surface area contributed by atoms with E-state index in [0.29, 0.717) is 26.7 Å². The van der Waals surface area contributed by atoms with Gasteiger partial charge in [-0.25, -0.2) is 0 Å². The number of H-pyrrole nitrogens is 1. The lowest BCUT2D eigenvalue weighted by molar-refractivity contribution is 0.100. The van der Waals surface area contributed by atoms with Gasteiger partial charge in [-0.3, -0.25) is 4.79 Å². The molecule has 2 rings (SSSR count). The number of rotatable bonds is 2. The summed E-state index contributed by atoms with van der Waals surface area (Å²) in [5.41, 5.74) is 6.98. The van der Waals surface area contributed by atoms with Gasteiger partial charge in [0.15, 0.2) is 0 Å². The lowest BCUT2D eigenvalue weighted by atomic mass is 10.0. The molecule has 16 heavy (non-hydrogen) atoms. The largest absolute Gasteiger partial charge is 0.366 e. The maximum Gasteiger partial charge on any atom is 0.250 e. The highest BCUT2D eigenvalue weighted by Gasteiger charge is 2.14. The Bertz CT molecular complexity index is 549. The van der Waals surface area contributed by atoms with Crippen molar-refractivity contribution in [2.24, 2.45) is 5.73 Å². The van der Waals surface area contributed by atoms with E-state index in [9.17, 15) is 4.79 Å². The average molecular weight is 255 g/mol. The van der Waals surface area contributed by atoms with Gasteiger partial charge in [-0.2, -0.15) is 0 Å². The molecule has 0 bridgehead atoms. The van der Waals surface area contributed by atoms with Gasteiger partial charge in [0.05, 0.1) is 15.6 Å². The van der Waals surface area contributed by atoms with Crippen molar-refractivity contribution in [3.8, 4) is 11.1 Å². The van der Waals surface area contributed by atoms with Crippen molar-refractivity contribution in [3.05, 3.63) is 46.2 Å². The lowest BCUT2D eigenvalue weighted by Crippen LogP contribution is -2.10. The Morgan fingerprint density at radius 2 is 1.94 bits per heavy atom. The fraction of sp³-hybridized carbons (Fsp3) is 0. The van der Waals surface area contributed by atoms with Crippen LogP contribution in [0.15, 0.2) is 30.6 Å². The first-order chi connectivity index (χ1) is 7.61. The number of aromatic amines is 1. The Morgan fingerprint density at radius 3 is 2.62 bits per heavy atom. The summed E-state index contributed by atoms with van der Waals surface area (Å²) in [5, 5.41) is 0.849. The summed E-state index contributed by atoms with van der Waals surface area (Å²) in [5.74, 6) is -0.507. The highest BCUT2D eigenvalue weighted by molar-refractivity contribution is 6.43. The molecule has 0 saturated carbocycles. The quantitative estimate of drug-likeness (QED) is 0.851. The molecule has 3 N–H and O–H groups in total. The number of aromatic nitrogens is 1. The Kier molecular flexibility index (Phi) is 2.90. The zero-order valence-electron chi connectivity index (χ0n) is 8.13. The topological polar surface area (TPSA) is 58.9 Å². The van der Waals surface area contributed by atoms with Crippen LogP contribution < -0.4 is 5.73 Å². The van der Waals surface area contributed by atoms with Crippen molar-refractivity contribution in [1.82, 2.24) is 4.98 Å². The first-order valence-electron chi connectivity index (χ1n) is 4.52. The Balaban J connectivity index is 2.63. The molecule has 0 fully saturated rings. The number of carbonyl (C=O) groups excluding carboxylic acids is 1. The van der Waals surface area contributed by atoms with Crippen molar-refractivity contribution >= 4 is 29.1 Å². The van der Waals surface area contributed by atoms with Crippen molar-refractivity contribution in [2.45, 2.75) is 0 Å². The lowest BCUT2D eigenvalue weighted by Gasteiger charge is -2.05. The third-order valence-electron chi connectivity index (χ3n) is 2.25. The van der Waals surface area contributed by atoms with Crippen molar-refractivity contribution < 1.29 is 4.79 Å². The predicted octanol–water partition coefficient (Wildman–Crippen LogP) is 3.09. The van der Waals surface area contributed by atoms with E-state index in [-0.39, 0.29) is 0 Å². The molecule has 0 radical (unpaired) electrons. The average Bonchev–Trinajstić information content (AvgIpc) is 2.70.